The van der Waals surface area contributed by atoms with Crippen LogP contribution in [0.2, 0.25) is 0 Å². The first-order valence-electron chi connectivity index (χ1n) is 8.66. The highest BCUT2D eigenvalue weighted by Crippen LogP contribution is 2.28. The molecule has 0 fully saturated rings. The van der Waals surface area contributed by atoms with Gasteiger partial charge in [0.1, 0.15) is 0 Å². The average molecular weight is 447 g/mol. The SMILES string of the molecule is C/C=C/c1ccc(OCC(=O)N(C)CC(=O)Nc2ccccc2Br)c(OC)c1. The summed E-state index contributed by atoms with van der Waals surface area (Å²) in [5, 5.41) is 2.76. The number of anilines is 1. The van der Waals surface area contributed by atoms with Gasteiger partial charge in [-0.2, -0.15) is 0 Å². The standard InChI is InChI=1S/C21H23BrN2O4/c1-4-7-15-10-11-18(19(12-15)27-3)28-14-21(26)24(2)13-20(25)23-17-9-6-5-8-16(17)22/h4-12H,13-14H2,1-3H3,(H,23,25)/b7-4+. The number of allylic oxidation sites excluding steroid dienone is 1. The first-order valence-corrected chi connectivity index (χ1v) is 9.45. The van der Waals surface area contributed by atoms with E-state index in [0.29, 0.717) is 17.2 Å². The second-order valence-corrected chi connectivity index (χ2v) is 6.83. The highest BCUT2D eigenvalue weighted by molar-refractivity contribution is 9.10. The monoisotopic (exact) mass is 446 g/mol. The van der Waals surface area contributed by atoms with Crippen LogP contribution in [-0.2, 0) is 9.59 Å². The Bertz CT molecular complexity index is 867. The zero-order chi connectivity index (χ0) is 20.5. The number of hydrogen-bond acceptors (Lipinski definition) is 4. The summed E-state index contributed by atoms with van der Waals surface area (Å²) in [6.07, 6.45) is 3.86. The van der Waals surface area contributed by atoms with Crippen LogP contribution in [0.25, 0.3) is 6.08 Å². The molecule has 28 heavy (non-hydrogen) atoms. The van der Waals surface area contributed by atoms with Gasteiger partial charge in [0.2, 0.25) is 5.91 Å². The van der Waals surface area contributed by atoms with Crippen molar-refractivity contribution in [3.05, 3.63) is 58.6 Å². The molecule has 0 unspecified atom stereocenters. The van der Waals surface area contributed by atoms with Crippen LogP contribution in [0.1, 0.15) is 12.5 Å². The molecule has 7 heteroatoms. The Labute approximate surface area is 173 Å². The number of rotatable bonds is 8. The molecule has 2 amide bonds. The van der Waals surface area contributed by atoms with Crippen LogP contribution >= 0.6 is 15.9 Å². The fourth-order valence-electron chi connectivity index (χ4n) is 2.41. The number of para-hydroxylation sites is 1. The van der Waals surface area contributed by atoms with E-state index in [1.807, 2.05) is 49.4 Å². The van der Waals surface area contributed by atoms with E-state index in [2.05, 4.69) is 21.2 Å². The Morgan fingerprint density at radius 3 is 2.61 bits per heavy atom. The van der Waals surface area contributed by atoms with E-state index in [9.17, 15) is 9.59 Å². The highest BCUT2D eigenvalue weighted by atomic mass is 79.9. The first kappa shape index (κ1) is 21.5. The van der Waals surface area contributed by atoms with Crippen molar-refractivity contribution in [3.8, 4) is 11.5 Å². The van der Waals surface area contributed by atoms with Gasteiger partial charge in [-0.15, -0.1) is 0 Å². The number of ether oxygens (including phenoxy) is 2. The summed E-state index contributed by atoms with van der Waals surface area (Å²) < 4.78 is 11.7. The number of nitrogens with one attached hydrogen (secondary N) is 1. The maximum Gasteiger partial charge on any atom is 0.260 e. The zero-order valence-corrected chi connectivity index (χ0v) is 17.7. The smallest absolute Gasteiger partial charge is 0.260 e. The number of halogens is 1. The summed E-state index contributed by atoms with van der Waals surface area (Å²) in [5.41, 5.74) is 1.62. The summed E-state index contributed by atoms with van der Waals surface area (Å²) in [6, 6.07) is 12.7. The molecule has 148 valence electrons. The third kappa shape index (κ3) is 6.13. The van der Waals surface area contributed by atoms with Crippen LogP contribution < -0.4 is 14.8 Å². The van der Waals surface area contributed by atoms with Gasteiger partial charge in [0.25, 0.3) is 5.91 Å². The van der Waals surface area contributed by atoms with Crippen molar-refractivity contribution in [2.24, 2.45) is 0 Å². The van der Waals surface area contributed by atoms with Gasteiger partial charge in [-0.1, -0.05) is 30.4 Å². The first-order chi connectivity index (χ1) is 13.4. The minimum Gasteiger partial charge on any atom is -0.493 e. The van der Waals surface area contributed by atoms with Crippen LogP contribution in [0.5, 0.6) is 11.5 Å². The van der Waals surface area contributed by atoms with Crippen LogP contribution in [0.4, 0.5) is 5.69 Å². The van der Waals surface area contributed by atoms with E-state index in [4.69, 9.17) is 9.47 Å². The summed E-state index contributed by atoms with van der Waals surface area (Å²) in [6.45, 7) is 1.65. The Kier molecular flexibility index (Phi) is 8.07. The number of hydrogen-bond donors (Lipinski definition) is 1. The Morgan fingerprint density at radius 2 is 1.93 bits per heavy atom. The molecular formula is C21H23BrN2O4. The van der Waals surface area contributed by atoms with Crippen molar-refractivity contribution >= 4 is 39.5 Å². The van der Waals surface area contributed by atoms with Gasteiger partial charge in [-0.25, -0.2) is 0 Å². The van der Waals surface area contributed by atoms with E-state index in [1.54, 1.807) is 26.3 Å². The minimum absolute atomic E-state index is 0.0824. The molecule has 0 spiro atoms. The number of likely N-dealkylation sites (N-methyl/N-ethyl adjacent to an activating group) is 1. The Morgan fingerprint density at radius 1 is 1.18 bits per heavy atom. The fraction of sp³-hybridized carbons (Fsp3) is 0.238. The van der Waals surface area contributed by atoms with Gasteiger partial charge in [0, 0.05) is 11.5 Å². The normalized spacial score (nSPS) is 10.6. The third-order valence-corrected chi connectivity index (χ3v) is 4.54. The van der Waals surface area contributed by atoms with Crippen molar-refractivity contribution < 1.29 is 19.1 Å². The predicted octanol–water partition coefficient (Wildman–Crippen LogP) is 3.97. The molecule has 0 aliphatic rings. The summed E-state index contributed by atoms with van der Waals surface area (Å²) >= 11 is 3.37. The molecule has 0 aromatic heterocycles. The molecule has 0 saturated heterocycles. The van der Waals surface area contributed by atoms with Gasteiger partial charge in [0.05, 0.1) is 19.3 Å². The van der Waals surface area contributed by atoms with E-state index >= 15 is 0 Å². The molecular weight excluding hydrogens is 424 g/mol. The quantitative estimate of drug-likeness (QED) is 0.665. The van der Waals surface area contributed by atoms with Crippen molar-refractivity contribution in [1.82, 2.24) is 4.90 Å². The van der Waals surface area contributed by atoms with Gasteiger partial charge in [0.15, 0.2) is 18.1 Å². The predicted molar refractivity (Wildman–Crippen MR) is 114 cm³/mol. The van der Waals surface area contributed by atoms with E-state index in [1.165, 1.54) is 4.90 Å². The Hall–Kier alpha value is -2.80. The number of methoxy groups -OCH3 is 1. The number of benzene rings is 2. The maximum absolute atomic E-state index is 12.3. The van der Waals surface area contributed by atoms with Crippen LogP contribution in [0.15, 0.2) is 53.0 Å². The van der Waals surface area contributed by atoms with Crippen LogP contribution in [0.3, 0.4) is 0 Å². The lowest BCUT2D eigenvalue weighted by atomic mass is 10.2. The number of amides is 2. The molecule has 2 aromatic rings. The largest absolute Gasteiger partial charge is 0.493 e. The van der Waals surface area contributed by atoms with Crippen LogP contribution in [-0.4, -0.2) is 44.0 Å². The molecule has 2 aromatic carbocycles. The molecule has 0 heterocycles. The Balaban J connectivity index is 1.90. The topological polar surface area (TPSA) is 67.9 Å². The molecule has 2 rings (SSSR count). The van der Waals surface area contributed by atoms with E-state index in [-0.39, 0.29) is 25.0 Å². The second-order valence-electron chi connectivity index (χ2n) is 5.98. The molecule has 0 aliphatic heterocycles. The molecule has 0 radical (unpaired) electrons. The lowest BCUT2D eigenvalue weighted by molar-refractivity contribution is -0.135. The molecule has 0 aliphatic carbocycles. The summed E-state index contributed by atoms with van der Waals surface area (Å²) in [7, 11) is 3.10. The van der Waals surface area contributed by atoms with Crippen molar-refractivity contribution in [2.45, 2.75) is 6.92 Å². The molecule has 6 nitrogen and oxygen atoms in total. The number of carbonyl (C=O) groups excluding carboxylic acids is 2. The van der Waals surface area contributed by atoms with Gasteiger partial charge in [-0.3, -0.25) is 9.59 Å². The van der Waals surface area contributed by atoms with Gasteiger partial charge in [-0.05, 0) is 52.7 Å². The van der Waals surface area contributed by atoms with Gasteiger partial charge < -0.3 is 19.7 Å². The molecule has 0 bridgehead atoms. The summed E-state index contributed by atoms with van der Waals surface area (Å²) in [4.78, 5) is 25.8. The lowest BCUT2D eigenvalue weighted by Crippen LogP contribution is -2.37. The third-order valence-electron chi connectivity index (χ3n) is 3.85. The van der Waals surface area contributed by atoms with E-state index < -0.39 is 0 Å². The molecule has 0 saturated carbocycles. The summed E-state index contributed by atoms with van der Waals surface area (Å²) in [5.74, 6) is 0.394. The van der Waals surface area contributed by atoms with Crippen molar-refractivity contribution in [3.63, 3.8) is 0 Å². The number of nitrogens with zero attached hydrogens (tertiary/aromatic N) is 1. The minimum atomic E-state index is -0.318. The zero-order valence-electron chi connectivity index (χ0n) is 16.1. The maximum atomic E-state index is 12.3. The van der Waals surface area contributed by atoms with Crippen molar-refractivity contribution in [1.29, 1.82) is 0 Å². The highest BCUT2D eigenvalue weighted by Gasteiger charge is 2.15. The average Bonchev–Trinajstić information content (AvgIpc) is 2.68. The fourth-order valence-corrected chi connectivity index (χ4v) is 2.79. The number of carbonyl (C=O) groups is 2. The van der Waals surface area contributed by atoms with E-state index in [0.717, 1.165) is 10.0 Å². The van der Waals surface area contributed by atoms with Crippen molar-refractivity contribution in [2.75, 3.05) is 32.6 Å². The van der Waals surface area contributed by atoms with Gasteiger partial charge >= 0.3 is 0 Å². The molecule has 0 atom stereocenters. The van der Waals surface area contributed by atoms with Crippen LogP contribution in [0, 0.1) is 0 Å². The second kappa shape index (κ2) is 10.5. The lowest BCUT2D eigenvalue weighted by Gasteiger charge is -2.18. The molecule has 1 N–H and O–H groups in total.